The van der Waals surface area contributed by atoms with Crippen LogP contribution in [0.3, 0.4) is 0 Å². The molecule has 0 unspecified atom stereocenters. The molecule has 1 aromatic heterocycles. The van der Waals surface area contributed by atoms with Gasteiger partial charge in [-0.3, -0.25) is 10.1 Å². The van der Waals surface area contributed by atoms with Gasteiger partial charge in [-0.05, 0) is 36.8 Å². The van der Waals surface area contributed by atoms with E-state index in [1.165, 1.54) is 12.1 Å². The molecule has 3 rings (SSSR count). The minimum atomic E-state index is -0.422. The van der Waals surface area contributed by atoms with Crippen LogP contribution >= 0.6 is 0 Å². The monoisotopic (exact) mass is 280 g/mol. The molecule has 21 heavy (non-hydrogen) atoms. The topological polar surface area (TPSA) is 73.3 Å². The molecule has 0 fully saturated rings. The number of rotatable bonds is 3. The van der Waals surface area contributed by atoms with Crippen LogP contribution in [0.1, 0.15) is 11.4 Å². The Balaban J connectivity index is 1.94. The summed E-state index contributed by atoms with van der Waals surface area (Å²) in [5.74, 6) is 0.786. The van der Waals surface area contributed by atoms with Gasteiger partial charge in [0.2, 0.25) is 0 Å². The zero-order chi connectivity index (χ0) is 14.8. The van der Waals surface area contributed by atoms with Gasteiger partial charge >= 0.3 is 0 Å². The number of nitrogens with zero attached hydrogens (tertiary/aromatic N) is 4. The predicted molar refractivity (Wildman–Crippen MR) is 80.6 cm³/mol. The molecule has 0 radical (unpaired) electrons. The van der Waals surface area contributed by atoms with Crippen molar-refractivity contribution in [2.24, 2.45) is 5.10 Å². The van der Waals surface area contributed by atoms with Gasteiger partial charge in [-0.25, -0.2) is 9.66 Å². The van der Waals surface area contributed by atoms with E-state index < -0.39 is 4.92 Å². The Morgan fingerprint density at radius 1 is 1.19 bits per heavy atom. The summed E-state index contributed by atoms with van der Waals surface area (Å²) in [4.78, 5) is 14.6. The van der Waals surface area contributed by atoms with Crippen molar-refractivity contribution < 1.29 is 4.92 Å². The summed E-state index contributed by atoms with van der Waals surface area (Å²) in [5.41, 5.74) is 2.67. The number of imidazole rings is 1. The molecule has 104 valence electrons. The zero-order valence-electron chi connectivity index (χ0n) is 11.3. The normalized spacial score (nSPS) is 11.3. The second-order valence-electron chi connectivity index (χ2n) is 4.55. The largest absolute Gasteiger partial charge is 0.269 e. The average molecular weight is 280 g/mol. The molecule has 0 bridgehead atoms. The van der Waals surface area contributed by atoms with Crippen LogP contribution in [0.2, 0.25) is 0 Å². The fourth-order valence-corrected chi connectivity index (χ4v) is 2.09. The molecule has 1 heterocycles. The second kappa shape index (κ2) is 5.16. The van der Waals surface area contributed by atoms with Crippen LogP contribution in [0.4, 0.5) is 5.69 Å². The van der Waals surface area contributed by atoms with E-state index in [0.717, 1.165) is 22.4 Å². The summed E-state index contributed by atoms with van der Waals surface area (Å²) in [7, 11) is 0. The highest BCUT2D eigenvalue weighted by molar-refractivity contribution is 5.81. The molecule has 0 amide bonds. The van der Waals surface area contributed by atoms with Gasteiger partial charge in [0.25, 0.3) is 5.69 Å². The van der Waals surface area contributed by atoms with Crippen molar-refractivity contribution in [1.29, 1.82) is 0 Å². The van der Waals surface area contributed by atoms with E-state index in [2.05, 4.69) is 10.1 Å². The molecule has 0 aliphatic heterocycles. The number of non-ortho nitro benzene ring substituents is 1. The lowest BCUT2D eigenvalue weighted by molar-refractivity contribution is -0.384. The summed E-state index contributed by atoms with van der Waals surface area (Å²) < 4.78 is 1.75. The number of aryl methyl sites for hydroxylation is 1. The Labute approximate surface area is 120 Å². The summed E-state index contributed by atoms with van der Waals surface area (Å²) >= 11 is 0. The molecule has 2 aromatic carbocycles. The number of hydrogen-bond donors (Lipinski definition) is 0. The van der Waals surface area contributed by atoms with Crippen molar-refractivity contribution in [1.82, 2.24) is 9.66 Å². The quantitative estimate of drug-likeness (QED) is 0.420. The van der Waals surface area contributed by atoms with Gasteiger partial charge in [0, 0.05) is 12.1 Å². The van der Waals surface area contributed by atoms with Gasteiger partial charge in [-0.1, -0.05) is 12.1 Å². The Morgan fingerprint density at radius 2 is 1.90 bits per heavy atom. The SMILES string of the molecule is Cc1nc2ccccc2n1N=Cc1ccc([N+](=O)[O-])cc1. The third kappa shape index (κ3) is 2.51. The van der Waals surface area contributed by atoms with E-state index in [9.17, 15) is 10.1 Å². The number of aromatic nitrogens is 2. The number of fused-ring (bicyclic) bond motifs is 1. The summed E-state index contributed by atoms with van der Waals surface area (Å²) in [6, 6.07) is 14.0. The van der Waals surface area contributed by atoms with E-state index in [1.807, 2.05) is 31.2 Å². The summed E-state index contributed by atoms with van der Waals surface area (Å²) in [6.07, 6.45) is 1.66. The van der Waals surface area contributed by atoms with Crippen LogP contribution in [-0.4, -0.2) is 20.8 Å². The van der Waals surface area contributed by atoms with Crippen molar-refractivity contribution in [2.75, 3.05) is 0 Å². The maximum absolute atomic E-state index is 10.6. The molecular weight excluding hydrogens is 268 g/mol. The third-order valence-corrected chi connectivity index (χ3v) is 3.12. The van der Waals surface area contributed by atoms with Crippen molar-refractivity contribution in [3.8, 4) is 0 Å². The van der Waals surface area contributed by atoms with Crippen molar-refractivity contribution in [3.05, 3.63) is 70.0 Å². The number of hydrogen-bond acceptors (Lipinski definition) is 4. The van der Waals surface area contributed by atoms with Crippen molar-refractivity contribution >= 4 is 22.9 Å². The number of benzene rings is 2. The molecule has 0 aliphatic rings. The molecule has 6 heteroatoms. The lowest BCUT2D eigenvalue weighted by atomic mass is 10.2. The minimum absolute atomic E-state index is 0.0661. The molecule has 6 nitrogen and oxygen atoms in total. The first-order valence-electron chi connectivity index (χ1n) is 6.38. The number of para-hydroxylation sites is 2. The summed E-state index contributed by atoms with van der Waals surface area (Å²) in [6.45, 7) is 1.88. The summed E-state index contributed by atoms with van der Waals surface area (Å²) in [5, 5.41) is 15.0. The highest BCUT2D eigenvalue weighted by Crippen LogP contribution is 2.15. The van der Waals surface area contributed by atoms with E-state index in [4.69, 9.17) is 0 Å². The Morgan fingerprint density at radius 3 is 2.62 bits per heavy atom. The average Bonchev–Trinajstić information content (AvgIpc) is 2.81. The van der Waals surface area contributed by atoms with Gasteiger partial charge in [0.15, 0.2) is 0 Å². The molecule has 0 aliphatic carbocycles. The molecule has 3 aromatic rings. The highest BCUT2D eigenvalue weighted by Gasteiger charge is 2.05. The van der Waals surface area contributed by atoms with Gasteiger partial charge in [0.1, 0.15) is 5.82 Å². The lowest BCUT2D eigenvalue weighted by Crippen LogP contribution is -1.94. The Kier molecular flexibility index (Phi) is 3.19. The van der Waals surface area contributed by atoms with E-state index in [1.54, 1.807) is 23.0 Å². The van der Waals surface area contributed by atoms with Crippen LogP contribution in [-0.2, 0) is 0 Å². The van der Waals surface area contributed by atoms with Gasteiger partial charge < -0.3 is 0 Å². The van der Waals surface area contributed by atoms with Gasteiger partial charge in [0.05, 0.1) is 22.2 Å². The molecule has 0 N–H and O–H groups in total. The van der Waals surface area contributed by atoms with E-state index >= 15 is 0 Å². The fraction of sp³-hybridized carbons (Fsp3) is 0.0667. The van der Waals surface area contributed by atoms with Crippen molar-refractivity contribution in [3.63, 3.8) is 0 Å². The standard InChI is InChI=1S/C15H12N4O2/c1-11-17-14-4-2-3-5-15(14)18(11)16-10-12-6-8-13(9-7-12)19(20)21/h2-10H,1H3. The molecular formula is C15H12N4O2. The number of nitro groups is 1. The molecule has 0 saturated heterocycles. The van der Waals surface area contributed by atoms with Crippen LogP contribution < -0.4 is 0 Å². The van der Waals surface area contributed by atoms with Crippen molar-refractivity contribution in [2.45, 2.75) is 6.92 Å². The van der Waals surface area contributed by atoms with E-state index in [-0.39, 0.29) is 5.69 Å². The lowest BCUT2D eigenvalue weighted by Gasteiger charge is -1.98. The maximum atomic E-state index is 10.6. The first-order chi connectivity index (χ1) is 10.1. The highest BCUT2D eigenvalue weighted by atomic mass is 16.6. The van der Waals surface area contributed by atoms with E-state index in [0.29, 0.717) is 0 Å². The second-order valence-corrected chi connectivity index (χ2v) is 4.55. The van der Waals surface area contributed by atoms with Crippen LogP contribution in [0.25, 0.3) is 11.0 Å². The van der Waals surface area contributed by atoms with Gasteiger partial charge in [-0.2, -0.15) is 5.10 Å². The Bertz CT molecular complexity index is 835. The maximum Gasteiger partial charge on any atom is 0.269 e. The first-order valence-corrected chi connectivity index (χ1v) is 6.38. The van der Waals surface area contributed by atoms with Crippen LogP contribution in [0.15, 0.2) is 53.6 Å². The minimum Gasteiger partial charge on any atom is -0.258 e. The number of nitro benzene ring substituents is 1. The Hall–Kier alpha value is -3.02. The van der Waals surface area contributed by atoms with Gasteiger partial charge in [-0.15, -0.1) is 0 Å². The molecule has 0 atom stereocenters. The third-order valence-electron chi connectivity index (χ3n) is 3.12. The zero-order valence-corrected chi connectivity index (χ0v) is 11.3. The molecule has 0 spiro atoms. The molecule has 0 saturated carbocycles. The van der Waals surface area contributed by atoms with Crippen LogP contribution in [0, 0.1) is 17.0 Å². The van der Waals surface area contributed by atoms with Crippen LogP contribution in [0.5, 0.6) is 0 Å². The fourth-order valence-electron chi connectivity index (χ4n) is 2.09. The predicted octanol–water partition coefficient (Wildman–Crippen LogP) is 3.14. The smallest absolute Gasteiger partial charge is 0.258 e. The first kappa shape index (κ1) is 13.0.